The van der Waals surface area contributed by atoms with Crippen LogP contribution in [0.4, 0.5) is 0 Å². The molecule has 0 unspecified atom stereocenters. The topological polar surface area (TPSA) is 48.0 Å². The summed E-state index contributed by atoms with van der Waals surface area (Å²) in [7, 11) is 1.66. The molecule has 0 bridgehead atoms. The lowest BCUT2D eigenvalue weighted by Crippen LogP contribution is -2.33. The first-order valence-electron chi connectivity index (χ1n) is 14.0. The van der Waals surface area contributed by atoms with Crippen molar-refractivity contribution < 1.29 is 19.0 Å². The van der Waals surface area contributed by atoms with Gasteiger partial charge < -0.3 is 14.2 Å². The number of ether oxygens (including phenoxy) is 3. The van der Waals surface area contributed by atoms with E-state index in [1.54, 1.807) is 18.4 Å². The number of hydrogen-bond acceptors (Lipinski definition) is 6. The zero-order valence-electron chi connectivity index (χ0n) is 22.9. The third kappa shape index (κ3) is 6.63. The SMILES string of the molecule is CCCCOc1ccc2c(C(=O)c3ccc(OCCN4CCCCC4)cc3)c(-c3ccc(OC)cc3)sc2c1. The summed E-state index contributed by atoms with van der Waals surface area (Å²) in [5.41, 5.74) is 2.36. The molecular weight excluding hydrogens is 506 g/mol. The molecule has 1 aromatic heterocycles. The van der Waals surface area contributed by atoms with Gasteiger partial charge in [0.05, 0.1) is 13.7 Å². The number of methoxy groups -OCH3 is 1. The van der Waals surface area contributed by atoms with E-state index >= 15 is 0 Å². The Balaban J connectivity index is 1.39. The number of carbonyl (C=O) groups excluding carboxylic acids is 1. The van der Waals surface area contributed by atoms with Gasteiger partial charge in [0.25, 0.3) is 0 Å². The predicted octanol–water partition coefficient (Wildman–Crippen LogP) is 7.85. The van der Waals surface area contributed by atoms with Crippen LogP contribution in [-0.4, -0.2) is 50.6 Å². The Hall–Kier alpha value is -3.35. The molecule has 0 spiro atoms. The number of rotatable bonds is 12. The molecule has 0 N–H and O–H groups in total. The lowest BCUT2D eigenvalue weighted by atomic mass is 9.97. The third-order valence-corrected chi connectivity index (χ3v) is 8.45. The number of benzene rings is 3. The Labute approximate surface area is 235 Å². The second-order valence-corrected chi connectivity index (χ2v) is 11.1. The zero-order chi connectivity index (χ0) is 27.0. The van der Waals surface area contributed by atoms with Gasteiger partial charge in [-0.2, -0.15) is 0 Å². The Kier molecular flexibility index (Phi) is 9.17. The van der Waals surface area contributed by atoms with Crippen LogP contribution in [0.25, 0.3) is 20.5 Å². The maximum atomic E-state index is 14.0. The third-order valence-electron chi connectivity index (χ3n) is 7.25. The molecule has 1 aliphatic rings. The molecule has 3 aromatic carbocycles. The van der Waals surface area contributed by atoms with E-state index in [0.29, 0.717) is 18.8 Å². The minimum atomic E-state index is 0.00610. The van der Waals surface area contributed by atoms with Gasteiger partial charge in [0, 0.05) is 32.6 Å². The summed E-state index contributed by atoms with van der Waals surface area (Å²) in [6, 6.07) is 21.5. The van der Waals surface area contributed by atoms with E-state index < -0.39 is 0 Å². The summed E-state index contributed by atoms with van der Waals surface area (Å²) in [5, 5.41) is 0.945. The van der Waals surface area contributed by atoms with Crippen LogP contribution in [-0.2, 0) is 0 Å². The fraction of sp³-hybridized carbons (Fsp3) is 0.364. The van der Waals surface area contributed by atoms with Gasteiger partial charge in [0.2, 0.25) is 0 Å². The largest absolute Gasteiger partial charge is 0.497 e. The molecule has 1 saturated heterocycles. The van der Waals surface area contributed by atoms with E-state index in [2.05, 4.69) is 17.9 Å². The highest BCUT2D eigenvalue weighted by Crippen LogP contribution is 2.41. The molecule has 6 heteroatoms. The van der Waals surface area contributed by atoms with Crippen molar-refractivity contribution in [1.29, 1.82) is 0 Å². The maximum absolute atomic E-state index is 14.0. The van der Waals surface area contributed by atoms with Gasteiger partial charge in [-0.15, -0.1) is 11.3 Å². The van der Waals surface area contributed by atoms with Crippen molar-refractivity contribution in [2.75, 3.05) is 40.0 Å². The highest BCUT2D eigenvalue weighted by atomic mass is 32.1. The summed E-state index contributed by atoms with van der Waals surface area (Å²) in [5.74, 6) is 2.42. The summed E-state index contributed by atoms with van der Waals surface area (Å²) in [4.78, 5) is 17.4. The Morgan fingerprint density at radius 3 is 2.26 bits per heavy atom. The van der Waals surface area contributed by atoms with Gasteiger partial charge in [-0.3, -0.25) is 9.69 Å². The summed E-state index contributed by atoms with van der Waals surface area (Å²) in [6.45, 7) is 6.77. The number of likely N-dealkylation sites (tertiary alicyclic amines) is 1. The highest BCUT2D eigenvalue weighted by molar-refractivity contribution is 7.22. The molecule has 0 atom stereocenters. The summed E-state index contributed by atoms with van der Waals surface area (Å²) in [6.07, 6.45) is 5.99. The molecular formula is C33H37NO4S. The number of ketones is 1. The molecule has 1 aliphatic heterocycles. The van der Waals surface area contributed by atoms with Gasteiger partial charge in [-0.05, 0) is 105 Å². The summed E-state index contributed by atoms with van der Waals surface area (Å²) < 4.78 is 18.3. The number of unbranched alkanes of at least 4 members (excludes halogenated alkanes) is 1. The molecule has 2 heterocycles. The molecule has 0 aliphatic carbocycles. The van der Waals surface area contributed by atoms with E-state index in [1.165, 1.54) is 19.3 Å². The van der Waals surface area contributed by atoms with Crippen molar-refractivity contribution in [3.63, 3.8) is 0 Å². The van der Waals surface area contributed by atoms with Crippen LogP contribution in [0.3, 0.4) is 0 Å². The maximum Gasteiger partial charge on any atom is 0.195 e. The van der Waals surface area contributed by atoms with Gasteiger partial charge >= 0.3 is 0 Å². The fourth-order valence-electron chi connectivity index (χ4n) is 4.99. The van der Waals surface area contributed by atoms with Crippen LogP contribution in [0.15, 0.2) is 66.7 Å². The van der Waals surface area contributed by atoms with Crippen molar-refractivity contribution >= 4 is 27.2 Å². The van der Waals surface area contributed by atoms with Crippen molar-refractivity contribution in [3.05, 3.63) is 77.9 Å². The number of hydrogen-bond donors (Lipinski definition) is 0. The van der Waals surface area contributed by atoms with E-state index in [1.807, 2.05) is 60.7 Å². The number of piperidine rings is 1. The number of fused-ring (bicyclic) bond motifs is 1. The normalized spacial score (nSPS) is 13.9. The molecule has 0 saturated carbocycles. The van der Waals surface area contributed by atoms with Crippen LogP contribution >= 0.6 is 11.3 Å². The van der Waals surface area contributed by atoms with E-state index in [4.69, 9.17) is 14.2 Å². The minimum absolute atomic E-state index is 0.00610. The number of nitrogens with zero attached hydrogens (tertiary/aromatic N) is 1. The first-order valence-corrected chi connectivity index (χ1v) is 14.8. The van der Waals surface area contributed by atoms with E-state index in [-0.39, 0.29) is 5.78 Å². The fourth-order valence-corrected chi connectivity index (χ4v) is 6.23. The van der Waals surface area contributed by atoms with Gasteiger partial charge in [-0.25, -0.2) is 0 Å². The standard InChI is InChI=1S/C33H37NO4S/c1-3-4-21-37-28-16-17-29-30(23-28)39-33(25-10-12-26(36-2)13-11-25)31(29)32(35)24-8-14-27(15-9-24)38-22-20-34-18-6-5-7-19-34/h8-17,23H,3-7,18-22H2,1-2H3. The quantitative estimate of drug-likeness (QED) is 0.134. The lowest BCUT2D eigenvalue weighted by Gasteiger charge is -2.26. The molecule has 204 valence electrons. The van der Waals surface area contributed by atoms with Crippen LogP contribution in [0.2, 0.25) is 0 Å². The molecule has 0 radical (unpaired) electrons. The molecule has 4 aromatic rings. The molecule has 1 fully saturated rings. The molecule has 5 rings (SSSR count). The second kappa shape index (κ2) is 13.1. The second-order valence-electron chi connectivity index (χ2n) is 10.00. The van der Waals surface area contributed by atoms with E-state index in [0.717, 1.165) is 75.8 Å². The monoisotopic (exact) mass is 543 g/mol. The van der Waals surface area contributed by atoms with Gasteiger partial charge in [0.15, 0.2) is 5.78 Å². The molecule has 39 heavy (non-hydrogen) atoms. The van der Waals surface area contributed by atoms with Gasteiger partial charge in [-0.1, -0.05) is 19.8 Å². The van der Waals surface area contributed by atoms with Crippen molar-refractivity contribution in [2.24, 2.45) is 0 Å². The van der Waals surface area contributed by atoms with Crippen molar-refractivity contribution in [3.8, 4) is 27.7 Å². The molecule has 5 nitrogen and oxygen atoms in total. The highest BCUT2D eigenvalue weighted by Gasteiger charge is 2.22. The Morgan fingerprint density at radius 2 is 1.54 bits per heavy atom. The number of thiophene rings is 1. The van der Waals surface area contributed by atoms with Crippen LogP contribution in [0.1, 0.15) is 54.9 Å². The van der Waals surface area contributed by atoms with Crippen LogP contribution in [0, 0.1) is 0 Å². The summed E-state index contributed by atoms with van der Waals surface area (Å²) >= 11 is 1.62. The number of carbonyl (C=O) groups is 1. The van der Waals surface area contributed by atoms with Crippen LogP contribution < -0.4 is 14.2 Å². The first kappa shape index (κ1) is 27.2. The van der Waals surface area contributed by atoms with Gasteiger partial charge in [0.1, 0.15) is 23.9 Å². The smallest absolute Gasteiger partial charge is 0.195 e. The van der Waals surface area contributed by atoms with E-state index in [9.17, 15) is 4.79 Å². The minimum Gasteiger partial charge on any atom is -0.497 e. The Morgan fingerprint density at radius 1 is 0.846 bits per heavy atom. The van der Waals surface area contributed by atoms with Crippen molar-refractivity contribution in [1.82, 2.24) is 4.90 Å². The zero-order valence-corrected chi connectivity index (χ0v) is 23.7. The Bertz CT molecular complexity index is 1370. The van der Waals surface area contributed by atoms with Crippen molar-refractivity contribution in [2.45, 2.75) is 39.0 Å². The molecule has 0 amide bonds. The van der Waals surface area contributed by atoms with Crippen LogP contribution in [0.5, 0.6) is 17.2 Å². The average molecular weight is 544 g/mol. The lowest BCUT2D eigenvalue weighted by molar-refractivity contribution is 0.104. The predicted molar refractivity (Wildman–Crippen MR) is 160 cm³/mol. The average Bonchev–Trinajstić information content (AvgIpc) is 3.37. The first-order chi connectivity index (χ1) is 19.2.